The van der Waals surface area contributed by atoms with E-state index in [-0.39, 0.29) is 82.7 Å². The Morgan fingerprint density at radius 2 is 1.25 bits per heavy atom. The summed E-state index contributed by atoms with van der Waals surface area (Å²) >= 11 is -0.0833. The number of rotatable bonds is 0. The normalized spacial score (nSPS) is 1.50. The van der Waals surface area contributed by atoms with Crippen LogP contribution < -0.4 is 0 Å². The SMILES string of the molecule is [Hf].[MgH2].[O]=[La]. The molecular weight excluding hydrogens is 358 g/mol. The van der Waals surface area contributed by atoms with E-state index in [9.17, 15) is 0 Å². The van der Waals surface area contributed by atoms with Gasteiger partial charge in [-0.1, -0.05) is 0 Å². The van der Waals surface area contributed by atoms with Gasteiger partial charge in [-0.15, -0.1) is 0 Å². The van der Waals surface area contributed by atoms with Crippen LogP contribution in [0.15, 0.2) is 0 Å². The molecule has 0 spiro atoms. The maximum atomic E-state index is 8.42. The van der Waals surface area contributed by atoms with Crippen LogP contribution in [-0.2, 0) is 27.5 Å². The standard InChI is InChI=1S/Hf.La.Mg.O.2H. The summed E-state index contributed by atoms with van der Waals surface area (Å²) in [6.07, 6.45) is 0. The number of hydrogen-bond acceptors (Lipinski definition) is 1. The van der Waals surface area contributed by atoms with Crippen LogP contribution in [0.25, 0.3) is 0 Å². The molecule has 0 aliphatic carbocycles. The van der Waals surface area contributed by atoms with Gasteiger partial charge in [0.25, 0.3) is 0 Å². The molecule has 0 bridgehead atoms. The molecule has 17 valence electrons. The predicted octanol–water partition coefficient (Wildman–Crippen LogP) is -1.04. The molecule has 4 heavy (non-hydrogen) atoms. The van der Waals surface area contributed by atoms with Crippen molar-refractivity contribution >= 4 is 23.1 Å². The third-order valence-electron chi connectivity index (χ3n) is 0. The van der Waals surface area contributed by atoms with Crippen molar-refractivity contribution in [3.05, 3.63) is 0 Å². The van der Waals surface area contributed by atoms with Crippen molar-refractivity contribution in [1.29, 1.82) is 0 Å². The van der Waals surface area contributed by atoms with Crippen molar-refractivity contribution in [3.8, 4) is 0 Å². The molecule has 0 aromatic heterocycles. The Morgan fingerprint density at radius 3 is 1.25 bits per heavy atom. The summed E-state index contributed by atoms with van der Waals surface area (Å²) in [5, 5.41) is 0. The Hall–Kier alpha value is 2.63. The average Bonchev–Trinajstić information content (AvgIpc) is 1.00. The van der Waals surface area contributed by atoms with Crippen molar-refractivity contribution in [2.75, 3.05) is 0 Å². The van der Waals surface area contributed by atoms with E-state index in [2.05, 4.69) is 0 Å². The van der Waals surface area contributed by atoms with Crippen LogP contribution in [0, 0.1) is 33.8 Å². The van der Waals surface area contributed by atoms with Crippen LogP contribution in [0.4, 0.5) is 0 Å². The van der Waals surface area contributed by atoms with Gasteiger partial charge in [0.1, 0.15) is 0 Å². The predicted molar refractivity (Wildman–Crippen MR) is 9.23 cm³/mol. The van der Waals surface area contributed by atoms with Crippen LogP contribution in [-0.4, -0.2) is 23.1 Å². The Morgan fingerprint density at radius 1 is 1.25 bits per heavy atom. The molecule has 0 saturated heterocycles. The Kier molecular flexibility index (Phi) is 69.6. The summed E-state index contributed by atoms with van der Waals surface area (Å²) in [5.74, 6) is 0. The maximum absolute atomic E-state index is 8.42. The van der Waals surface area contributed by atoms with E-state index in [0.717, 1.165) is 0 Å². The van der Waals surface area contributed by atoms with E-state index in [4.69, 9.17) is 1.70 Å². The van der Waals surface area contributed by atoms with Crippen LogP contribution >= 0.6 is 0 Å². The monoisotopic (exact) mass is 361 g/mol. The second-order valence-electron chi connectivity index (χ2n) is 0. The van der Waals surface area contributed by atoms with E-state index in [1.807, 2.05) is 0 Å². The average molecular weight is 360 g/mol. The summed E-state index contributed by atoms with van der Waals surface area (Å²) in [4.78, 5) is 0. The first-order valence-corrected chi connectivity index (χ1v) is 1.72. The molecule has 4 heteroatoms. The summed E-state index contributed by atoms with van der Waals surface area (Å²) < 4.78 is 8.42. The minimum atomic E-state index is -0.0833. The topological polar surface area (TPSA) is 17.1 Å². The Labute approximate surface area is 82.6 Å². The van der Waals surface area contributed by atoms with Crippen molar-refractivity contribution in [1.82, 2.24) is 0 Å². The summed E-state index contributed by atoms with van der Waals surface area (Å²) in [7, 11) is 0. The van der Waals surface area contributed by atoms with Gasteiger partial charge in [-0.3, -0.25) is 0 Å². The molecule has 0 unspecified atom stereocenters. The molecule has 0 fully saturated rings. The molecule has 0 atom stereocenters. The molecule has 0 rings (SSSR count). The summed E-state index contributed by atoms with van der Waals surface area (Å²) in [6, 6.07) is 0. The zero-order chi connectivity index (χ0) is 2.00. The third-order valence-corrected chi connectivity index (χ3v) is 0. The van der Waals surface area contributed by atoms with Gasteiger partial charge in [-0.2, -0.15) is 0 Å². The summed E-state index contributed by atoms with van der Waals surface area (Å²) in [5.41, 5.74) is 0. The molecule has 0 aromatic rings. The molecule has 0 aliphatic rings. The third kappa shape index (κ3) is 8.82. The molecular formula is H2HfLaMgO. The first-order valence-electron chi connectivity index (χ1n) is 0.236. The summed E-state index contributed by atoms with van der Waals surface area (Å²) in [6.45, 7) is 0. The zero-order valence-electron chi connectivity index (χ0n) is 1.49. The first kappa shape index (κ1) is 15.9. The molecule has 0 aromatic carbocycles. The zero-order valence-corrected chi connectivity index (χ0v) is 8.70. The van der Waals surface area contributed by atoms with Crippen LogP contribution in [0.3, 0.4) is 0 Å². The molecule has 1 nitrogen and oxygen atoms in total. The van der Waals surface area contributed by atoms with Gasteiger partial charge in [0.05, 0.1) is 0 Å². The van der Waals surface area contributed by atoms with E-state index in [0.29, 0.717) is 0 Å². The van der Waals surface area contributed by atoms with E-state index in [1.165, 1.54) is 0 Å². The van der Waals surface area contributed by atoms with Gasteiger partial charge >= 0.3 is 58.6 Å². The fraction of sp³-hybridized carbons (Fsp3) is 0. The van der Waals surface area contributed by atoms with E-state index < -0.39 is 0 Å². The van der Waals surface area contributed by atoms with E-state index >= 15 is 0 Å². The molecule has 0 radical (unpaired) electrons. The fourth-order valence-electron chi connectivity index (χ4n) is 0. The Balaban J connectivity index is -0.00000000500. The van der Waals surface area contributed by atoms with Gasteiger partial charge < -0.3 is 0 Å². The van der Waals surface area contributed by atoms with Gasteiger partial charge in [-0.05, 0) is 0 Å². The van der Waals surface area contributed by atoms with Crippen LogP contribution in [0.2, 0.25) is 0 Å². The second kappa shape index (κ2) is 17.4. The van der Waals surface area contributed by atoms with Crippen molar-refractivity contribution in [3.63, 3.8) is 0 Å². The van der Waals surface area contributed by atoms with Crippen molar-refractivity contribution < 1.29 is 61.3 Å². The van der Waals surface area contributed by atoms with Gasteiger partial charge in [-0.25, -0.2) is 0 Å². The molecule has 0 aliphatic heterocycles. The molecule has 0 saturated carbocycles. The van der Waals surface area contributed by atoms with Crippen molar-refractivity contribution in [2.45, 2.75) is 0 Å². The van der Waals surface area contributed by atoms with Crippen molar-refractivity contribution in [2.24, 2.45) is 0 Å². The van der Waals surface area contributed by atoms with Crippen LogP contribution in [0.1, 0.15) is 0 Å². The Bertz CT molecular complexity index is 8.00. The fourth-order valence-corrected chi connectivity index (χ4v) is 0. The van der Waals surface area contributed by atoms with Gasteiger partial charge in [0.2, 0.25) is 0 Å². The first-order chi connectivity index (χ1) is 1.00. The molecule has 0 N–H and O–H groups in total. The van der Waals surface area contributed by atoms with E-state index in [1.54, 1.807) is 0 Å². The van der Waals surface area contributed by atoms with Gasteiger partial charge in [0.15, 0.2) is 0 Å². The quantitative estimate of drug-likeness (QED) is 0.505. The molecule has 0 amide bonds. The van der Waals surface area contributed by atoms with Gasteiger partial charge in [0, 0.05) is 25.8 Å². The number of hydrogen-bond donors (Lipinski definition) is 0. The minimum absolute atomic E-state index is 0. The van der Waals surface area contributed by atoms with Crippen LogP contribution in [0.5, 0.6) is 0 Å². The molecule has 0 heterocycles. The second-order valence-corrected chi connectivity index (χ2v) is 0.